The van der Waals surface area contributed by atoms with Crippen molar-refractivity contribution in [2.24, 2.45) is 0 Å². The molecule has 0 aliphatic carbocycles. The van der Waals surface area contributed by atoms with E-state index >= 15 is 0 Å². The van der Waals surface area contributed by atoms with Gasteiger partial charge in [0, 0.05) is 32.4 Å². The van der Waals surface area contributed by atoms with Crippen LogP contribution in [0.1, 0.15) is 23.7 Å². The second kappa shape index (κ2) is 9.35. The Hall–Kier alpha value is -2.38. The van der Waals surface area contributed by atoms with Crippen LogP contribution in [0.5, 0.6) is 0 Å². The van der Waals surface area contributed by atoms with Gasteiger partial charge >= 0.3 is 0 Å². The molecule has 6 nitrogen and oxygen atoms in total. The molecule has 0 saturated heterocycles. The maximum atomic E-state index is 12.8. The van der Waals surface area contributed by atoms with Gasteiger partial charge in [0.05, 0.1) is 10.6 Å². The van der Waals surface area contributed by atoms with E-state index in [2.05, 4.69) is 5.32 Å². The Balaban J connectivity index is 2.11. The Kier molecular flexibility index (Phi) is 7.17. The Bertz CT molecular complexity index is 822. The summed E-state index contributed by atoms with van der Waals surface area (Å²) >= 11 is 0. The molecule has 0 aromatic heterocycles. The van der Waals surface area contributed by atoms with E-state index in [1.54, 1.807) is 36.4 Å². The third-order valence-corrected chi connectivity index (χ3v) is 5.61. The van der Waals surface area contributed by atoms with Crippen molar-refractivity contribution in [3.63, 3.8) is 0 Å². The summed E-state index contributed by atoms with van der Waals surface area (Å²) in [5.41, 5.74) is 0.863. The summed E-state index contributed by atoms with van der Waals surface area (Å²) in [7, 11) is -2.26. The molecule has 0 heterocycles. The van der Waals surface area contributed by atoms with Crippen molar-refractivity contribution in [3.8, 4) is 0 Å². The smallest absolute Gasteiger partial charge is 0.264 e. The minimum absolute atomic E-state index is 0.0748. The first-order chi connectivity index (χ1) is 12.5. The van der Waals surface area contributed by atoms with Crippen LogP contribution in [0, 0.1) is 0 Å². The molecule has 2 rings (SSSR count). The molecule has 0 fully saturated rings. The highest BCUT2D eigenvalue weighted by molar-refractivity contribution is 7.92. The summed E-state index contributed by atoms with van der Waals surface area (Å²) in [4.78, 5) is 12.3. The van der Waals surface area contributed by atoms with Crippen molar-refractivity contribution in [2.75, 3.05) is 31.1 Å². The first-order valence-electron chi connectivity index (χ1n) is 8.47. The van der Waals surface area contributed by atoms with E-state index in [-0.39, 0.29) is 10.8 Å². The summed E-state index contributed by atoms with van der Waals surface area (Å²) in [5, 5.41) is 2.77. The highest BCUT2D eigenvalue weighted by atomic mass is 32.2. The van der Waals surface area contributed by atoms with Gasteiger partial charge in [-0.15, -0.1) is 0 Å². The first kappa shape index (κ1) is 19.9. The fourth-order valence-corrected chi connectivity index (χ4v) is 3.60. The van der Waals surface area contributed by atoms with Gasteiger partial charge in [-0.25, -0.2) is 8.42 Å². The van der Waals surface area contributed by atoms with Gasteiger partial charge in [-0.3, -0.25) is 9.10 Å². The molecule has 0 saturated carbocycles. The number of anilines is 1. The molecule has 0 unspecified atom stereocenters. The topological polar surface area (TPSA) is 75.7 Å². The monoisotopic (exact) mass is 376 g/mol. The van der Waals surface area contributed by atoms with Crippen LogP contribution in [-0.2, 0) is 14.8 Å². The standard InChI is InChI=1S/C19H24N2O4S/c1-3-25-14-8-13-20-19(22)16-9-7-12-18(15-16)26(23,24)21(2)17-10-5-4-6-11-17/h4-7,9-12,15H,3,8,13-14H2,1-2H3,(H,20,22). The van der Waals surface area contributed by atoms with Gasteiger partial charge in [-0.2, -0.15) is 0 Å². The van der Waals surface area contributed by atoms with Gasteiger partial charge in [0.2, 0.25) is 0 Å². The van der Waals surface area contributed by atoms with E-state index in [9.17, 15) is 13.2 Å². The summed E-state index contributed by atoms with van der Waals surface area (Å²) in [6.45, 7) is 3.60. The van der Waals surface area contributed by atoms with Crippen LogP contribution in [-0.4, -0.2) is 41.1 Å². The second-order valence-electron chi connectivity index (χ2n) is 5.64. The van der Waals surface area contributed by atoms with Gasteiger partial charge in [0.25, 0.3) is 15.9 Å². The van der Waals surface area contributed by atoms with Crippen LogP contribution < -0.4 is 9.62 Å². The summed E-state index contributed by atoms with van der Waals surface area (Å²) in [6.07, 6.45) is 0.703. The first-order valence-corrected chi connectivity index (χ1v) is 9.91. The maximum absolute atomic E-state index is 12.8. The average molecular weight is 376 g/mol. The number of sulfonamides is 1. The zero-order valence-electron chi connectivity index (χ0n) is 15.0. The number of carbonyl (C=O) groups excluding carboxylic acids is 1. The molecule has 0 aliphatic heterocycles. The number of carbonyl (C=O) groups is 1. The fraction of sp³-hybridized carbons (Fsp3) is 0.316. The van der Waals surface area contributed by atoms with E-state index in [0.29, 0.717) is 37.4 Å². The predicted octanol–water partition coefficient (Wildman–Crippen LogP) is 2.67. The number of benzene rings is 2. The molecule has 0 bridgehead atoms. The van der Waals surface area contributed by atoms with E-state index in [0.717, 1.165) is 0 Å². The number of hydrogen-bond donors (Lipinski definition) is 1. The van der Waals surface area contributed by atoms with Crippen LogP contribution in [0.3, 0.4) is 0 Å². The molecule has 26 heavy (non-hydrogen) atoms. The molecule has 0 atom stereocenters. The van der Waals surface area contributed by atoms with Crippen LogP contribution in [0.4, 0.5) is 5.69 Å². The normalized spacial score (nSPS) is 11.2. The maximum Gasteiger partial charge on any atom is 0.264 e. The predicted molar refractivity (Wildman–Crippen MR) is 102 cm³/mol. The minimum Gasteiger partial charge on any atom is -0.382 e. The summed E-state index contributed by atoms with van der Waals surface area (Å²) in [5.74, 6) is -0.305. The number of hydrogen-bond acceptors (Lipinski definition) is 4. The van der Waals surface area contributed by atoms with Gasteiger partial charge in [-0.1, -0.05) is 24.3 Å². The molecule has 2 aromatic carbocycles. The molecule has 0 radical (unpaired) electrons. The molecule has 1 amide bonds. The van der Waals surface area contributed by atoms with Crippen molar-refractivity contribution < 1.29 is 17.9 Å². The SMILES string of the molecule is CCOCCCNC(=O)c1cccc(S(=O)(=O)N(C)c2ccccc2)c1. The Morgan fingerprint density at radius 2 is 1.85 bits per heavy atom. The van der Waals surface area contributed by atoms with E-state index < -0.39 is 10.0 Å². The van der Waals surface area contributed by atoms with Gasteiger partial charge in [0.1, 0.15) is 0 Å². The number of nitrogens with one attached hydrogen (secondary N) is 1. The van der Waals surface area contributed by atoms with E-state index in [1.807, 2.05) is 13.0 Å². The number of ether oxygens (including phenoxy) is 1. The number of amides is 1. The number of para-hydroxylation sites is 1. The number of rotatable bonds is 9. The van der Waals surface area contributed by atoms with Crippen LogP contribution in [0.2, 0.25) is 0 Å². The molecule has 0 aliphatic rings. The molecular formula is C19H24N2O4S. The molecule has 1 N–H and O–H groups in total. The third-order valence-electron chi connectivity index (χ3n) is 3.83. The molecule has 0 spiro atoms. The van der Waals surface area contributed by atoms with Crippen LogP contribution in [0.25, 0.3) is 0 Å². The quantitative estimate of drug-likeness (QED) is 0.683. The van der Waals surface area contributed by atoms with Crippen molar-refractivity contribution in [1.82, 2.24) is 5.32 Å². The summed E-state index contributed by atoms with van der Waals surface area (Å²) in [6, 6.07) is 14.8. The molecular weight excluding hydrogens is 352 g/mol. The average Bonchev–Trinajstić information content (AvgIpc) is 2.67. The Labute approximate surface area is 154 Å². The van der Waals surface area contributed by atoms with Crippen molar-refractivity contribution >= 4 is 21.6 Å². The lowest BCUT2D eigenvalue weighted by Gasteiger charge is -2.19. The molecule has 2 aromatic rings. The highest BCUT2D eigenvalue weighted by Gasteiger charge is 2.22. The van der Waals surface area contributed by atoms with E-state index in [4.69, 9.17) is 4.74 Å². The van der Waals surface area contributed by atoms with Crippen molar-refractivity contribution in [2.45, 2.75) is 18.2 Å². The Morgan fingerprint density at radius 1 is 1.12 bits per heavy atom. The highest BCUT2D eigenvalue weighted by Crippen LogP contribution is 2.22. The fourth-order valence-electron chi connectivity index (χ4n) is 2.36. The second-order valence-corrected chi connectivity index (χ2v) is 7.61. The van der Waals surface area contributed by atoms with E-state index in [1.165, 1.54) is 23.5 Å². The van der Waals surface area contributed by atoms with Crippen LogP contribution >= 0.6 is 0 Å². The minimum atomic E-state index is -3.75. The lowest BCUT2D eigenvalue weighted by molar-refractivity contribution is 0.0944. The van der Waals surface area contributed by atoms with Gasteiger partial charge in [0.15, 0.2) is 0 Å². The summed E-state index contributed by atoms with van der Waals surface area (Å²) < 4.78 is 32.1. The van der Waals surface area contributed by atoms with Crippen LogP contribution in [0.15, 0.2) is 59.5 Å². The lowest BCUT2D eigenvalue weighted by Crippen LogP contribution is -2.28. The van der Waals surface area contributed by atoms with Gasteiger partial charge < -0.3 is 10.1 Å². The number of nitrogens with zero attached hydrogens (tertiary/aromatic N) is 1. The van der Waals surface area contributed by atoms with Crippen molar-refractivity contribution in [3.05, 3.63) is 60.2 Å². The zero-order valence-corrected chi connectivity index (χ0v) is 15.8. The largest absolute Gasteiger partial charge is 0.382 e. The zero-order chi connectivity index (χ0) is 19.0. The lowest BCUT2D eigenvalue weighted by atomic mass is 10.2. The molecule has 7 heteroatoms. The van der Waals surface area contributed by atoms with Crippen molar-refractivity contribution in [1.29, 1.82) is 0 Å². The third kappa shape index (κ3) is 5.06. The molecule has 140 valence electrons. The van der Waals surface area contributed by atoms with Gasteiger partial charge in [-0.05, 0) is 43.7 Å². The Morgan fingerprint density at radius 3 is 2.54 bits per heavy atom.